The van der Waals surface area contributed by atoms with E-state index in [1.807, 2.05) is 12.1 Å². The van der Waals surface area contributed by atoms with Gasteiger partial charge in [0.1, 0.15) is 6.10 Å². The Labute approximate surface area is 162 Å². The molecule has 7 heteroatoms. The van der Waals surface area contributed by atoms with E-state index in [9.17, 15) is 0 Å². The van der Waals surface area contributed by atoms with Gasteiger partial charge in [0.15, 0.2) is 0 Å². The summed E-state index contributed by atoms with van der Waals surface area (Å²) in [5, 5.41) is 0. The average Bonchev–Trinajstić information content (AvgIpc) is 2.54. The molecule has 6 N–H and O–H groups in total. The van der Waals surface area contributed by atoms with Gasteiger partial charge in [0.05, 0.1) is 6.61 Å². The summed E-state index contributed by atoms with van der Waals surface area (Å²) in [7, 11) is 13.9. The van der Waals surface area contributed by atoms with Gasteiger partial charge in [-0.15, -0.1) is 0 Å². The third kappa shape index (κ3) is 10.4. The molecular formula is C17H27Cl2N3OPt. The van der Waals surface area contributed by atoms with Crippen LogP contribution in [0.4, 0.5) is 0 Å². The molecule has 0 aliphatic rings. The van der Waals surface area contributed by atoms with E-state index in [2.05, 4.69) is 67.5 Å². The Hall–Kier alpha value is -0.452. The topological polar surface area (TPSA) is 82.5 Å². The Morgan fingerprint density at radius 2 is 1.25 bits per heavy atom. The molecule has 0 aromatic heterocycles. The standard InChI is InChI=1S/C17H21NO.2ClH.2H3N.Pt/c1-18(2)13-14-19-17(15-9-5-3-6-10-15)16-11-7-4-8-12-16;;;;;/h3-12,17H,13-14H2,1-2H3;2*1H;2*1H3;/q;;;;;+2/p-2. The second-order valence-electron chi connectivity index (χ2n) is 4.92. The van der Waals surface area contributed by atoms with Crippen LogP contribution in [0.5, 0.6) is 0 Å². The van der Waals surface area contributed by atoms with Crippen LogP contribution in [-0.4, -0.2) is 32.1 Å². The number of hydrogen-bond acceptors (Lipinski definition) is 4. The van der Waals surface area contributed by atoms with Gasteiger partial charge in [-0.2, -0.15) is 0 Å². The number of rotatable bonds is 6. The molecule has 0 saturated heterocycles. The SMILES string of the molecule is CN(C)CCOC(c1ccccc1)c1ccccc1.N.N.[Cl][Pt][Cl]. The van der Waals surface area contributed by atoms with Crippen LogP contribution in [0.1, 0.15) is 17.2 Å². The predicted octanol–water partition coefficient (Wildman–Crippen LogP) is 5.05. The van der Waals surface area contributed by atoms with Crippen LogP contribution < -0.4 is 12.3 Å². The molecular weight excluding hydrogens is 528 g/mol. The molecule has 0 aliphatic carbocycles. The first-order chi connectivity index (χ1) is 10.7. The van der Waals surface area contributed by atoms with Crippen molar-refractivity contribution in [3.8, 4) is 0 Å². The summed E-state index contributed by atoms with van der Waals surface area (Å²) in [6.07, 6.45) is 0.0161. The Bertz CT molecular complexity index is 464. The molecule has 0 aliphatic heterocycles. The monoisotopic (exact) mass is 554 g/mol. The number of ether oxygens (including phenoxy) is 1. The van der Waals surface area contributed by atoms with Gasteiger partial charge >= 0.3 is 35.3 Å². The van der Waals surface area contributed by atoms with Crippen LogP contribution >= 0.6 is 18.8 Å². The van der Waals surface area contributed by atoms with E-state index >= 15 is 0 Å². The second kappa shape index (κ2) is 16.0. The Balaban J connectivity index is 0. The van der Waals surface area contributed by atoms with Gasteiger partial charge in [-0.25, -0.2) is 0 Å². The van der Waals surface area contributed by atoms with E-state index < -0.39 is 16.5 Å². The van der Waals surface area contributed by atoms with Gasteiger partial charge in [-0.3, -0.25) is 0 Å². The van der Waals surface area contributed by atoms with Crippen LogP contribution in [-0.2, 0) is 21.2 Å². The van der Waals surface area contributed by atoms with Crippen LogP contribution in [0.15, 0.2) is 60.7 Å². The van der Waals surface area contributed by atoms with Crippen molar-refractivity contribution in [1.29, 1.82) is 0 Å². The van der Waals surface area contributed by atoms with Gasteiger partial charge in [-0.05, 0) is 25.2 Å². The fourth-order valence-electron chi connectivity index (χ4n) is 1.99. The summed E-state index contributed by atoms with van der Waals surface area (Å²) >= 11 is -0.472. The van der Waals surface area contributed by atoms with Gasteiger partial charge in [0, 0.05) is 6.54 Å². The number of hydrogen-bond donors (Lipinski definition) is 2. The van der Waals surface area contributed by atoms with Gasteiger partial charge in [0.25, 0.3) is 0 Å². The first kappa shape index (κ1) is 25.8. The van der Waals surface area contributed by atoms with E-state index in [-0.39, 0.29) is 18.4 Å². The fraction of sp³-hybridized carbons (Fsp3) is 0.294. The molecule has 0 fully saturated rings. The molecule has 2 aromatic rings. The maximum absolute atomic E-state index is 6.08. The molecule has 0 saturated carbocycles. The molecule has 0 spiro atoms. The molecule has 2 rings (SSSR count). The van der Waals surface area contributed by atoms with E-state index in [1.165, 1.54) is 11.1 Å². The van der Waals surface area contributed by atoms with Crippen molar-refractivity contribution in [3.05, 3.63) is 71.8 Å². The number of nitrogens with zero attached hydrogens (tertiary/aromatic N) is 1. The van der Waals surface area contributed by atoms with Gasteiger partial charge in [-0.1, -0.05) is 60.7 Å². The molecule has 0 atom stereocenters. The van der Waals surface area contributed by atoms with E-state index in [0.717, 1.165) is 13.2 Å². The zero-order valence-corrected chi connectivity index (χ0v) is 17.9. The van der Waals surface area contributed by atoms with Crippen molar-refractivity contribution >= 4 is 18.8 Å². The third-order valence-corrected chi connectivity index (χ3v) is 3.03. The molecule has 140 valence electrons. The molecule has 0 heterocycles. The van der Waals surface area contributed by atoms with Crippen LogP contribution in [0, 0.1) is 0 Å². The molecule has 0 amide bonds. The van der Waals surface area contributed by atoms with Gasteiger partial charge in [0.2, 0.25) is 0 Å². The van der Waals surface area contributed by atoms with Gasteiger partial charge < -0.3 is 21.9 Å². The zero-order chi connectivity index (χ0) is 16.2. The third-order valence-electron chi connectivity index (χ3n) is 3.03. The molecule has 0 bridgehead atoms. The van der Waals surface area contributed by atoms with Crippen molar-refractivity contribution < 1.29 is 21.2 Å². The molecule has 2 aromatic carbocycles. The quantitative estimate of drug-likeness (QED) is 0.523. The summed E-state index contributed by atoms with van der Waals surface area (Å²) in [4.78, 5) is 2.13. The van der Waals surface area contributed by atoms with Crippen LogP contribution in [0.25, 0.3) is 0 Å². The van der Waals surface area contributed by atoms with Crippen molar-refractivity contribution in [2.45, 2.75) is 6.10 Å². The minimum absolute atomic E-state index is 0. The van der Waals surface area contributed by atoms with Crippen LogP contribution in [0.3, 0.4) is 0 Å². The molecule has 0 unspecified atom stereocenters. The summed E-state index contributed by atoms with van der Waals surface area (Å²) in [5.41, 5.74) is 2.40. The second-order valence-corrected chi connectivity index (χ2v) is 8.20. The normalized spacial score (nSPS) is 9.75. The van der Waals surface area contributed by atoms with E-state index in [0.29, 0.717) is 0 Å². The van der Waals surface area contributed by atoms with Crippen molar-refractivity contribution in [3.63, 3.8) is 0 Å². The number of benzene rings is 2. The Morgan fingerprint density at radius 1 is 0.875 bits per heavy atom. The Morgan fingerprint density at radius 3 is 1.58 bits per heavy atom. The predicted molar refractivity (Wildman–Crippen MR) is 101 cm³/mol. The van der Waals surface area contributed by atoms with E-state index in [1.54, 1.807) is 0 Å². The summed E-state index contributed by atoms with van der Waals surface area (Å²) in [5.74, 6) is 0. The van der Waals surface area contributed by atoms with Crippen molar-refractivity contribution in [2.24, 2.45) is 0 Å². The zero-order valence-electron chi connectivity index (χ0n) is 14.1. The summed E-state index contributed by atoms with van der Waals surface area (Å²) in [6.45, 7) is 1.65. The molecule has 4 nitrogen and oxygen atoms in total. The van der Waals surface area contributed by atoms with Crippen molar-refractivity contribution in [2.75, 3.05) is 27.2 Å². The Kier molecular flexibility index (Phi) is 17.2. The number of likely N-dealkylation sites (N-methyl/N-ethyl adjacent to an activating group) is 1. The fourth-order valence-corrected chi connectivity index (χ4v) is 1.99. The summed E-state index contributed by atoms with van der Waals surface area (Å²) < 4.78 is 6.08. The average molecular weight is 555 g/mol. The molecule has 0 radical (unpaired) electrons. The maximum atomic E-state index is 6.08. The van der Waals surface area contributed by atoms with Crippen molar-refractivity contribution in [1.82, 2.24) is 17.2 Å². The minimum atomic E-state index is -0.472. The first-order valence-corrected chi connectivity index (χ1v) is 12.5. The summed E-state index contributed by atoms with van der Waals surface area (Å²) in [6, 6.07) is 20.8. The number of halogens is 2. The first-order valence-electron chi connectivity index (χ1n) is 6.87. The molecule has 24 heavy (non-hydrogen) atoms. The van der Waals surface area contributed by atoms with Crippen LogP contribution in [0.2, 0.25) is 0 Å². The van der Waals surface area contributed by atoms with E-state index in [4.69, 9.17) is 23.6 Å².